The van der Waals surface area contributed by atoms with Crippen LogP contribution in [0, 0.1) is 11.3 Å². The fourth-order valence-corrected chi connectivity index (χ4v) is 4.31. The third-order valence-corrected chi connectivity index (χ3v) is 7.25. The Bertz CT molecular complexity index is 1420. The Balaban J connectivity index is 1.69. The summed E-state index contributed by atoms with van der Waals surface area (Å²) in [4.78, 5) is 28.6. The topological polar surface area (TPSA) is 148 Å². The molecule has 0 unspecified atom stereocenters. The molecule has 180 valence electrons. The summed E-state index contributed by atoms with van der Waals surface area (Å²) in [5, 5.41) is 10.6. The lowest BCUT2D eigenvalue weighted by atomic mass is 10.1. The van der Waals surface area contributed by atoms with Crippen LogP contribution >= 0.6 is 11.5 Å². The van der Waals surface area contributed by atoms with Gasteiger partial charge in [-0.15, -0.1) is 0 Å². The number of rotatable bonds is 8. The molecule has 3 aromatic rings. The molecule has 12 heteroatoms. The molecule has 1 amide bonds. The summed E-state index contributed by atoms with van der Waals surface area (Å²) < 4.78 is 38.5. The van der Waals surface area contributed by atoms with Crippen LogP contribution in [-0.4, -0.2) is 42.0 Å². The number of hydrogen-bond donors (Lipinski definition) is 1. The molecular weight excluding hydrogens is 492 g/mol. The zero-order chi connectivity index (χ0) is 25.6. The van der Waals surface area contributed by atoms with Crippen molar-refractivity contribution >= 4 is 44.5 Å². The van der Waals surface area contributed by atoms with Crippen molar-refractivity contribution in [1.29, 1.82) is 5.26 Å². The van der Waals surface area contributed by atoms with Gasteiger partial charge in [0.2, 0.25) is 15.0 Å². The molecule has 0 aliphatic heterocycles. The van der Waals surface area contributed by atoms with Crippen LogP contribution in [0.4, 0.5) is 5.13 Å². The highest BCUT2D eigenvalue weighted by Gasteiger charge is 2.25. The highest BCUT2D eigenvalue weighted by molar-refractivity contribution is 7.91. The normalized spacial score (nSPS) is 11.6. The number of carbonyl (C=O) groups excluding carboxylic acids is 2. The molecule has 3 rings (SSSR count). The third kappa shape index (κ3) is 6.28. The zero-order valence-corrected chi connectivity index (χ0v) is 20.5. The minimum atomic E-state index is -3.69. The average Bonchev–Trinajstić information content (AvgIpc) is 3.32. The number of ether oxygens (including phenoxy) is 2. The van der Waals surface area contributed by atoms with Gasteiger partial charge in [0.15, 0.2) is 0 Å². The molecular formula is C23H20N4O6S2. The number of anilines is 1. The number of hydrogen-bond acceptors (Lipinski definition) is 10. The van der Waals surface area contributed by atoms with Crippen molar-refractivity contribution in [2.24, 2.45) is 0 Å². The van der Waals surface area contributed by atoms with Crippen molar-refractivity contribution in [3.05, 3.63) is 65.2 Å². The largest absolute Gasteiger partial charge is 0.497 e. The van der Waals surface area contributed by atoms with E-state index in [1.807, 2.05) is 0 Å². The summed E-state index contributed by atoms with van der Waals surface area (Å²) in [5.74, 6) is -0.551. The third-order valence-electron chi connectivity index (χ3n) is 4.58. The number of sulfone groups is 1. The van der Waals surface area contributed by atoms with Crippen molar-refractivity contribution in [2.45, 2.75) is 24.3 Å². The van der Waals surface area contributed by atoms with Crippen molar-refractivity contribution < 1.29 is 27.5 Å². The van der Waals surface area contributed by atoms with Gasteiger partial charge >= 0.3 is 5.97 Å². The molecule has 0 saturated heterocycles. The minimum Gasteiger partial charge on any atom is -0.497 e. The van der Waals surface area contributed by atoms with E-state index in [1.165, 1.54) is 39.2 Å². The fourth-order valence-electron chi connectivity index (χ4n) is 2.61. The summed E-state index contributed by atoms with van der Waals surface area (Å²) >= 11 is 0.699. The van der Waals surface area contributed by atoms with Gasteiger partial charge in [-0.1, -0.05) is 18.2 Å². The number of aromatic nitrogens is 2. The Kier molecular flexibility index (Phi) is 7.95. The molecule has 1 heterocycles. The SMILES string of the molecule is COc1cccc(C(=O)Oc2ccc(/C=C(/C#N)C(=O)Nc3nc(S(=O)(=O)C(C)C)ns3)cc2)c1. The summed E-state index contributed by atoms with van der Waals surface area (Å²) in [6, 6.07) is 14.5. The van der Waals surface area contributed by atoms with Gasteiger partial charge in [-0.3, -0.25) is 10.1 Å². The molecule has 0 radical (unpaired) electrons. The number of nitrogens with one attached hydrogen (secondary N) is 1. The first-order valence-corrected chi connectivity index (χ1v) is 12.4. The number of amides is 1. The smallest absolute Gasteiger partial charge is 0.343 e. The second-order valence-corrected chi connectivity index (χ2v) is 10.4. The first-order valence-electron chi connectivity index (χ1n) is 10.1. The quantitative estimate of drug-likeness (QED) is 0.207. The van der Waals surface area contributed by atoms with Gasteiger partial charge < -0.3 is 9.47 Å². The number of nitrogens with zero attached hydrogens (tertiary/aromatic N) is 3. The highest BCUT2D eigenvalue weighted by atomic mass is 32.2. The molecule has 2 aromatic carbocycles. The first kappa shape index (κ1) is 25.5. The van der Waals surface area contributed by atoms with Gasteiger partial charge in [0.05, 0.1) is 17.9 Å². The van der Waals surface area contributed by atoms with Crippen LogP contribution in [0.2, 0.25) is 0 Å². The van der Waals surface area contributed by atoms with E-state index in [-0.39, 0.29) is 21.6 Å². The van der Waals surface area contributed by atoms with E-state index >= 15 is 0 Å². The van der Waals surface area contributed by atoms with Crippen LogP contribution in [0.15, 0.2) is 59.3 Å². The molecule has 0 atom stereocenters. The van der Waals surface area contributed by atoms with E-state index < -0.39 is 27.0 Å². The van der Waals surface area contributed by atoms with Crippen LogP contribution in [0.1, 0.15) is 29.8 Å². The Labute approximate surface area is 205 Å². The van der Waals surface area contributed by atoms with Crippen molar-refractivity contribution in [2.75, 3.05) is 12.4 Å². The summed E-state index contributed by atoms with van der Waals surface area (Å²) in [5.41, 5.74) is 0.575. The van der Waals surface area contributed by atoms with Gasteiger partial charge in [-0.2, -0.15) is 14.6 Å². The van der Waals surface area contributed by atoms with Crippen LogP contribution in [0.25, 0.3) is 6.08 Å². The van der Waals surface area contributed by atoms with Gasteiger partial charge in [0.25, 0.3) is 11.1 Å². The van der Waals surface area contributed by atoms with Gasteiger partial charge in [-0.25, -0.2) is 13.2 Å². The first-order chi connectivity index (χ1) is 16.6. The lowest BCUT2D eigenvalue weighted by Crippen LogP contribution is -2.16. The molecule has 1 N–H and O–H groups in total. The number of benzene rings is 2. The van der Waals surface area contributed by atoms with Crippen LogP contribution in [0.5, 0.6) is 11.5 Å². The lowest BCUT2D eigenvalue weighted by Gasteiger charge is -2.06. The number of carbonyl (C=O) groups is 2. The van der Waals surface area contributed by atoms with Crippen molar-refractivity contribution in [1.82, 2.24) is 9.36 Å². The Morgan fingerprint density at radius 1 is 1.14 bits per heavy atom. The van der Waals surface area contributed by atoms with E-state index in [2.05, 4.69) is 14.7 Å². The average molecular weight is 513 g/mol. The van der Waals surface area contributed by atoms with Crippen LogP contribution < -0.4 is 14.8 Å². The molecule has 1 aromatic heterocycles. The summed E-state index contributed by atoms with van der Waals surface area (Å²) in [6.07, 6.45) is 1.33. The maximum atomic E-state index is 12.5. The maximum absolute atomic E-state index is 12.5. The zero-order valence-electron chi connectivity index (χ0n) is 18.9. The van der Waals surface area contributed by atoms with Gasteiger partial charge in [0, 0.05) is 11.5 Å². The molecule has 0 saturated carbocycles. The van der Waals surface area contributed by atoms with E-state index in [0.717, 1.165) is 0 Å². The summed E-state index contributed by atoms with van der Waals surface area (Å²) in [7, 11) is -2.19. The molecule has 35 heavy (non-hydrogen) atoms. The lowest BCUT2D eigenvalue weighted by molar-refractivity contribution is -0.112. The second-order valence-electron chi connectivity index (χ2n) is 7.29. The van der Waals surface area contributed by atoms with Crippen molar-refractivity contribution in [3.63, 3.8) is 0 Å². The van der Waals surface area contributed by atoms with Crippen molar-refractivity contribution in [3.8, 4) is 17.6 Å². The Morgan fingerprint density at radius 3 is 2.49 bits per heavy atom. The molecule has 0 fully saturated rings. The van der Waals surface area contributed by atoms with Crippen LogP contribution in [0.3, 0.4) is 0 Å². The maximum Gasteiger partial charge on any atom is 0.343 e. The standard InChI is InChI=1S/C23H20N4O6S2/c1-14(2)35(30,31)23-26-22(34-27-23)25-20(28)17(13-24)11-15-7-9-18(10-8-15)33-21(29)16-5-4-6-19(12-16)32-3/h4-12,14H,1-3H3,(H,25,26,27,28)/b17-11-. The van der Waals surface area contributed by atoms with Crippen LogP contribution in [-0.2, 0) is 14.6 Å². The van der Waals surface area contributed by atoms with E-state index in [4.69, 9.17) is 9.47 Å². The number of methoxy groups -OCH3 is 1. The number of esters is 1. The molecule has 0 aliphatic carbocycles. The fraction of sp³-hybridized carbons (Fsp3) is 0.174. The molecule has 10 nitrogen and oxygen atoms in total. The van der Waals surface area contributed by atoms with E-state index in [1.54, 1.807) is 42.5 Å². The van der Waals surface area contributed by atoms with E-state index in [9.17, 15) is 23.3 Å². The Hall–Kier alpha value is -4.08. The highest BCUT2D eigenvalue weighted by Crippen LogP contribution is 2.21. The Morgan fingerprint density at radius 2 is 1.86 bits per heavy atom. The minimum absolute atomic E-state index is 0.0461. The van der Waals surface area contributed by atoms with E-state index in [0.29, 0.717) is 28.4 Å². The summed E-state index contributed by atoms with van der Waals surface area (Å²) in [6.45, 7) is 2.99. The van der Waals surface area contributed by atoms with Gasteiger partial charge in [0.1, 0.15) is 23.1 Å². The predicted octanol–water partition coefficient (Wildman–Crippen LogP) is 3.49. The predicted molar refractivity (Wildman–Crippen MR) is 129 cm³/mol. The second kappa shape index (κ2) is 10.9. The van der Waals surface area contributed by atoms with Gasteiger partial charge in [-0.05, 0) is 55.8 Å². The molecule has 0 aliphatic rings. The molecule has 0 spiro atoms. The molecule has 0 bridgehead atoms. The monoisotopic (exact) mass is 512 g/mol. The number of nitriles is 1.